The van der Waals surface area contributed by atoms with Crippen LogP contribution >= 0.6 is 0 Å². The number of nitrogens with one attached hydrogen (secondary N) is 1. The average Bonchev–Trinajstić information content (AvgIpc) is 3.28. The minimum Gasteiger partial charge on any atom is -0.338 e. The summed E-state index contributed by atoms with van der Waals surface area (Å²) in [5.74, 6) is 0.727. The smallest absolute Gasteiger partial charge is 0.264 e. The minimum atomic E-state index is -3.66. The molecule has 0 amide bonds. The normalized spacial score (nSPS) is 16.5. The molecule has 0 aliphatic carbocycles. The first-order chi connectivity index (χ1) is 13.5. The van der Waals surface area contributed by atoms with E-state index in [0.717, 1.165) is 34.6 Å². The van der Waals surface area contributed by atoms with Crippen LogP contribution in [0.5, 0.6) is 0 Å². The van der Waals surface area contributed by atoms with E-state index in [4.69, 9.17) is 0 Å². The maximum Gasteiger partial charge on any atom is 0.264 e. The van der Waals surface area contributed by atoms with Crippen LogP contribution in [0.2, 0.25) is 0 Å². The second-order valence-corrected chi connectivity index (χ2v) is 8.93. The number of benzene rings is 3. The van der Waals surface area contributed by atoms with E-state index < -0.39 is 10.0 Å². The summed E-state index contributed by atoms with van der Waals surface area (Å²) in [6.07, 6.45) is 0.722. The van der Waals surface area contributed by atoms with Gasteiger partial charge in [-0.25, -0.2) is 13.4 Å². The molecule has 1 aliphatic heterocycles. The summed E-state index contributed by atoms with van der Waals surface area (Å²) < 4.78 is 28.4. The van der Waals surface area contributed by atoms with E-state index in [0.29, 0.717) is 5.52 Å². The van der Waals surface area contributed by atoms with E-state index in [-0.39, 0.29) is 10.9 Å². The number of para-hydroxylation sites is 1. The molecule has 6 heteroatoms. The Morgan fingerprint density at radius 1 is 1.00 bits per heavy atom. The highest BCUT2D eigenvalue weighted by Gasteiger charge is 2.36. The van der Waals surface area contributed by atoms with Crippen molar-refractivity contribution in [1.82, 2.24) is 9.97 Å². The maximum absolute atomic E-state index is 13.4. The predicted octanol–water partition coefficient (Wildman–Crippen LogP) is 4.37. The van der Waals surface area contributed by atoms with Crippen LogP contribution in [0.3, 0.4) is 0 Å². The Hall–Kier alpha value is -3.12. The van der Waals surface area contributed by atoms with Gasteiger partial charge in [0.15, 0.2) is 0 Å². The van der Waals surface area contributed by atoms with Gasteiger partial charge in [-0.05, 0) is 43.2 Å². The lowest BCUT2D eigenvalue weighted by atomic mass is 10.1. The summed E-state index contributed by atoms with van der Waals surface area (Å²) in [6, 6.07) is 22.4. The summed E-state index contributed by atoms with van der Waals surface area (Å²) in [7, 11) is -3.66. The largest absolute Gasteiger partial charge is 0.338 e. The Morgan fingerprint density at radius 3 is 2.57 bits per heavy atom. The van der Waals surface area contributed by atoms with Gasteiger partial charge in [0.25, 0.3) is 10.0 Å². The average molecular weight is 389 g/mol. The highest BCUT2D eigenvalue weighted by molar-refractivity contribution is 7.92. The maximum atomic E-state index is 13.4. The molecule has 0 bridgehead atoms. The highest BCUT2D eigenvalue weighted by atomic mass is 32.2. The van der Waals surface area contributed by atoms with Gasteiger partial charge < -0.3 is 4.98 Å². The lowest BCUT2D eigenvalue weighted by Gasteiger charge is -2.24. The SMILES string of the molecule is CC1Cc2ccccc2N1S(=O)(=O)c1ccc2nc(-c3ccccc3)[nH]c2c1. The summed E-state index contributed by atoms with van der Waals surface area (Å²) in [6.45, 7) is 1.94. The molecule has 1 N–H and O–H groups in total. The quantitative estimate of drug-likeness (QED) is 0.566. The molecule has 5 nitrogen and oxygen atoms in total. The Morgan fingerprint density at radius 2 is 1.75 bits per heavy atom. The Bertz CT molecular complexity index is 1280. The van der Waals surface area contributed by atoms with Crippen molar-refractivity contribution in [1.29, 1.82) is 0 Å². The van der Waals surface area contributed by atoms with Crippen LogP contribution in [0.25, 0.3) is 22.4 Å². The van der Waals surface area contributed by atoms with Crippen LogP contribution in [0.15, 0.2) is 77.7 Å². The van der Waals surface area contributed by atoms with Crippen molar-refractivity contribution in [3.05, 3.63) is 78.4 Å². The molecule has 4 aromatic rings. The van der Waals surface area contributed by atoms with Gasteiger partial charge in [0.05, 0.1) is 21.6 Å². The molecule has 0 saturated carbocycles. The Kier molecular flexibility index (Phi) is 3.77. The molecule has 1 atom stereocenters. The van der Waals surface area contributed by atoms with Crippen LogP contribution in [0, 0.1) is 0 Å². The zero-order chi connectivity index (χ0) is 19.3. The number of aromatic amines is 1. The third-order valence-electron chi connectivity index (χ3n) is 5.20. The molecule has 140 valence electrons. The molecule has 1 aliphatic rings. The van der Waals surface area contributed by atoms with Gasteiger partial charge in [-0.1, -0.05) is 48.5 Å². The van der Waals surface area contributed by atoms with Gasteiger partial charge in [-0.15, -0.1) is 0 Å². The van der Waals surface area contributed by atoms with E-state index in [1.807, 2.05) is 61.5 Å². The minimum absolute atomic E-state index is 0.111. The first-order valence-electron chi connectivity index (χ1n) is 9.21. The van der Waals surface area contributed by atoms with Crippen LogP contribution in [0.4, 0.5) is 5.69 Å². The van der Waals surface area contributed by atoms with Crippen LogP contribution in [0.1, 0.15) is 12.5 Å². The summed E-state index contributed by atoms with van der Waals surface area (Å²) in [5, 5.41) is 0. The van der Waals surface area contributed by atoms with E-state index >= 15 is 0 Å². The number of hydrogen-bond acceptors (Lipinski definition) is 3. The molecule has 5 rings (SSSR count). The molecule has 0 radical (unpaired) electrons. The monoisotopic (exact) mass is 389 g/mol. The zero-order valence-electron chi connectivity index (χ0n) is 15.3. The van der Waals surface area contributed by atoms with Crippen molar-refractivity contribution in [3.63, 3.8) is 0 Å². The van der Waals surface area contributed by atoms with Gasteiger partial charge in [0.1, 0.15) is 5.82 Å². The fourth-order valence-corrected chi connectivity index (χ4v) is 5.62. The molecule has 0 saturated heterocycles. The van der Waals surface area contributed by atoms with Crippen molar-refractivity contribution >= 4 is 26.7 Å². The Labute approximate surface area is 163 Å². The Balaban J connectivity index is 1.59. The fourth-order valence-electron chi connectivity index (χ4n) is 3.90. The van der Waals surface area contributed by atoms with E-state index in [2.05, 4.69) is 9.97 Å². The lowest BCUT2D eigenvalue weighted by Crippen LogP contribution is -2.35. The number of hydrogen-bond donors (Lipinski definition) is 1. The molecular formula is C22H19N3O2S. The number of anilines is 1. The molecule has 3 aromatic carbocycles. The number of H-pyrrole nitrogens is 1. The second kappa shape index (κ2) is 6.21. The van der Waals surface area contributed by atoms with Crippen LogP contribution in [-0.2, 0) is 16.4 Å². The van der Waals surface area contributed by atoms with Gasteiger partial charge in [-0.3, -0.25) is 4.31 Å². The molecule has 0 spiro atoms. The first-order valence-corrected chi connectivity index (χ1v) is 10.7. The van der Waals surface area contributed by atoms with E-state index in [9.17, 15) is 8.42 Å². The molecule has 28 heavy (non-hydrogen) atoms. The molecule has 1 aromatic heterocycles. The number of nitrogens with zero attached hydrogens (tertiary/aromatic N) is 2. The highest BCUT2D eigenvalue weighted by Crippen LogP contribution is 2.37. The van der Waals surface area contributed by atoms with Crippen LogP contribution < -0.4 is 4.31 Å². The zero-order valence-corrected chi connectivity index (χ0v) is 16.1. The third-order valence-corrected chi connectivity index (χ3v) is 7.13. The summed E-state index contributed by atoms with van der Waals surface area (Å²) >= 11 is 0. The van der Waals surface area contributed by atoms with Gasteiger partial charge in [0.2, 0.25) is 0 Å². The standard InChI is InChI=1S/C22H19N3O2S/c1-15-13-17-9-5-6-10-21(17)25(15)28(26,27)18-11-12-19-20(14-18)24-22(23-19)16-7-3-2-4-8-16/h2-12,14-15H,13H2,1H3,(H,23,24). The van der Waals surface area contributed by atoms with Gasteiger partial charge in [0, 0.05) is 11.6 Å². The van der Waals surface area contributed by atoms with E-state index in [1.54, 1.807) is 18.2 Å². The third kappa shape index (κ3) is 2.60. The van der Waals surface area contributed by atoms with Crippen molar-refractivity contribution in [2.45, 2.75) is 24.3 Å². The summed E-state index contributed by atoms with van der Waals surface area (Å²) in [5.41, 5.74) is 4.25. The number of fused-ring (bicyclic) bond motifs is 2. The fraction of sp³-hybridized carbons (Fsp3) is 0.136. The van der Waals surface area contributed by atoms with Crippen molar-refractivity contribution < 1.29 is 8.42 Å². The van der Waals surface area contributed by atoms with Crippen molar-refractivity contribution in [3.8, 4) is 11.4 Å². The number of rotatable bonds is 3. The lowest BCUT2D eigenvalue weighted by molar-refractivity contribution is 0.584. The molecule has 2 heterocycles. The van der Waals surface area contributed by atoms with Crippen molar-refractivity contribution in [2.24, 2.45) is 0 Å². The molecule has 1 unspecified atom stereocenters. The first kappa shape index (κ1) is 17.0. The molecular weight excluding hydrogens is 370 g/mol. The van der Waals surface area contributed by atoms with Gasteiger partial charge in [-0.2, -0.15) is 0 Å². The van der Waals surface area contributed by atoms with Gasteiger partial charge >= 0.3 is 0 Å². The van der Waals surface area contributed by atoms with Crippen LogP contribution in [-0.4, -0.2) is 24.4 Å². The van der Waals surface area contributed by atoms with Crippen molar-refractivity contribution in [2.75, 3.05) is 4.31 Å². The second-order valence-electron chi connectivity index (χ2n) is 7.11. The van der Waals surface area contributed by atoms with E-state index in [1.165, 1.54) is 4.31 Å². The number of sulfonamides is 1. The molecule has 0 fully saturated rings. The number of aromatic nitrogens is 2. The topological polar surface area (TPSA) is 66.1 Å². The summed E-state index contributed by atoms with van der Waals surface area (Å²) in [4.78, 5) is 8.11. The number of imidazole rings is 1. The predicted molar refractivity (Wildman–Crippen MR) is 111 cm³/mol.